The fourth-order valence-corrected chi connectivity index (χ4v) is 4.51. The van der Waals surface area contributed by atoms with Gasteiger partial charge in [-0.25, -0.2) is 4.98 Å². The highest BCUT2D eigenvalue weighted by molar-refractivity contribution is 7.09. The molecule has 2 aliphatic rings. The second-order valence-electron chi connectivity index (χ2n) is 7.06. The van der Waals surface area contributed by atoms with Crippen molar-refractivity contribution in [1.82, 2.24) is 24.3 Å². The number of imidazole rings is 1. The lowest BCUT2D eigenvalue weighted by Crippen LogP contribution is -2.44. The van der Waals surface area contributed by atoms with E-state index in [1.165, 1.54) is 29.5 Å². The zero-order valence-corrected chi connectivity index (χ0v) is 15.5. The molecule has 2 aromatic heterocycles. The predicted octanol–water partition coefficient (Wildman–Crippen LogP) is 2.27. The normalized spacial score (nSPS) is 23.5. The van der Waals surface area contributed by atoms with Gasteiger partial charge in [-0.05, 0) is 25.4 Å². The van der Waals surface area contributed by atoms with Gasteiger partial charge in [0.2, 0.25) is 0 Å². The number of fused-ring (bicyclic) bond motifs is 1. The molecule has 0 amide bonds. The van der Waals surface area contributed by atoms with Gasteiger partial charge < -0.3 is 9.47 Å². The third kappa shape index (κ3) is 3.28. The van der Waals surface area contributed by atoms with Crippen LogP contribution in [0.4, 0.5) is 0 Å². The summed E-state index contributed by atoms with van der Waals surface area (Å²) in [7, 11) is 2.21. The quantitative estimate of drug-likeness (QED) is 0.850. The molecule has 6 heteroatoms. The Hall–Kier alpha value is -1.21. The summed E-state index contributed by atoms with van der Waals surface area (Å²) in [5, 5.41) is 2.17. The summed E-state index contributed by atoms with van der Waals surface area (Å²) in [4.78, 5) is 13.8. The number of thiophene rings is 1. The lowest BCUT2D eigenvalue weighted by Gasteiger charge is -2.35. The maximum Gasteiger partial charge on any atom is 0.126 e. The number of piperazine rings is 1. The van der Waals surface area contributed by atoms with Crippen LogP contribution in [0.2, 0.25) is 0 Å². The Morgan fingerprint density at radius 3 is 2.71 bits per heavy atom. The second-order valence-corrected chi connectivity index (χ2v) is 8.10. The molecule has 1 saturated heterocycles. The first-order chi connectivity index (χ1) is 11.7. The average Bonchev–Trinajstić information content (AvgIpc) is 3.23. The van der Waals surface area contributed by atoms with Crippen molar-refractivity contribution < 1.29 is 0 Å². The first-order valence-electron chi connectivity index (χ1n) is 8.92. The molecule has 0 spiro atoms. The van der Waals surface area contributed by atoms with Crippen LogP contribution in [-0.2, 0) is 19.6 Å². The van der Waals surface area contributed by atoms with E-state index in [-0.39, 0.29) is 0 Å². The van der Waals surface area contributed by atoms with Gasteiger partial charge in [-0.2, -0.15) is 0 Å². The summed E-state index contributed by atoms with van der Waals surface area (Å²) < 4.78 is 2.47. The Morgan fingerprint density at radius 2 is 1.96 bits per heavy atom. The van der Waals surface area contributed by atoms with Crippen molar-refractivity contribution in [2.75, 3.05) is 39.8 Å². The maximum absolute atomic E-state index is 4.79. The number of hydrogen-bond donors (Lipinski definition) is 0. The summed E-state index contributed by atoms with van der Waals surface area (Å²) in [5.41, 5.74) is 1.39. The van der Waals surface area contributed by atoms with Gasteiger partial charge in [0.1, 0.15) is 5.82 Å². The predicted molar refractivity (Wildman–Crippen MR) is 98.1 cm³/mol. The number of nitrogens with zero attached hydrogens (tertiary/aromatic N) is 5. The lowest BCUT2D eigenvalue weighted by atomic mass is 10.2. The minimum Gasteiger partial charge on any atom is -0.328 e. The van der Waals surface area contributed by atoms with Crippen LogP contribution in [0.25, 0.3) is 0 Å². The van der Waals surface area contributed by atoms with Crippen LogP contribution < -0.4 is 0 Å². The average molecular weight is 346 g/mol. The van der Waals surface area contributed by atoms with E-state index in [9.17, 15) is 0 Å². The van der Waals surface area contributed by atoms with Crippen LogP contribution in [0.15, 0.2) is 23.7 Å². The highest BCUT2D eigenvalue weighted by Crippen LogP contribution is 2.28. The SMILES string of the molecule is CC1c2ncc(CN3CCN(C)CC3)n2CCN1Cc1cccs1. The van der Waals surface area contributed by atoms with E-state index in [1.807, 2.05) is 11.3 Å². The van der Waals surface area contributed by atoms with Crippen LogP contribution in [0.1, 0.15) is 29.4 Å². The second kappa shape index (κ2) is 6.96. The van der Waals surface area contributed by atoms with Crippen molar-refractivity contribution in [3.8, 4) is 0 Å². The molecule has 0 bridgehead atoms. The summed E-state index contributed by atoms with van der Waals surface area (Å²) in [6.45, 7) is 11.2. The van der Waals surface area contributed by atoms with Crippen LogP contribution in [0.5, 0.6) is 0 Å². The van der Waals surface area contributed by atoms with E-state index < -0.39 is 0 Å². The molecular weight excluding hydrogens is 318 g/mol. The minimum absolute atomic E-state index is 0.391. The molecule has 24 heavy (non-hydrogen) atoms. The van der Waals surface area contributed by atoms with Gasteiger partial charge in [-0.3, -0.25) is 9.80 Å². The Bertz CT molecular complexity index is 657. The van der Waals surface area contributed by atoms with Gasteiger partial charge in [-0.15, -0.1) is 11.3 Å². The molecule has 0 aliphatic carbocycles. The topological polar surface area (TPSA) is 27.5 Å². The van der Waals surface area contributed by atoms with Crippen LogP contribution in [0, 0.1) is 0 Å². The van der Waals surface area contributed by atoms with Gasteiger partial charge in [-0.1, -0.05) is 6.07 Å². The number of rotatable bonds is 4. The summed E-state index contributed by atoms with van der Waals surface area (Å²) >= 11 is 1.85. The highest BCUT2D eigenvalue weighted by Gasteiger charge is 2.27. The van der Waals surface area contributed by atoms with Crippen molar-refractivity contribution in [2.24, 2.45) is 0 Å². The van der Waals surface area contributed by atoms with E-state index >= 15 is 0 Å². The summed E-state index contributed by atoms with van der Waals surface area (Å²) in [5.74, 6) is 1.24. The molecule has 5 nitrogen and oxygen atoms in total. The van der Waals surface area contributed by atoms with Crippen molar-refractivity contribution in [3.63, 3.8) is 0 Å². The molecule has 0 aromatic carbocycles. The van der Waals surface area contributed by atoms with E-state index in [0.717, 1.165) is 39.3 Å². The van der Waals surface area contributed by atoms with Gasteiger partial charge in [0.25, 0.3) is 0 Å². The molecule has 4 heterocycles. The molecule has 1 fully saturated rings. The van der Waals surface area contributed by atoms with E-state index in [4.69, 9.17) is 4.98 Å². The number of aromatic nitrogens is 2. The molecule has 1 atom stereocenters. The Morgan fingerprint density at radius 1 is 1.12 bits per heavy atom. The van der Waals surface area contributed by atoms with Gasteiger partial charge in [0.15, 0.2) is 0 Å². The lowest BCUT2D eigenvalue weighted by molar-refractivity contribution is 0.137. The molecule has 0 radical (unpaired) electrons. The maximum atomic E-state index is 4.79. The molecule has 0 N–H and O–H groups in total. The van der Waals surface area contributed by atoms with Crippen LogP contribution >= 0.6 is 11.3 Å². The molecule has 1 unspecified atom stereocenters. The molecule has 130 valence electrons. The zero-order chi connectivity index (χ0) is 16.5. The van der Waals surface area contributed by atoms with Crippen molar-refractivity contribution in [3.05, 3.63) is 40.1 Å². The van der Waals surface area contributed by atoms with Crippen molar-refractivity contribution in [1.29, 1.82) is 0 Å². The first kappa shape index (κ1) is 16.3. The molecule has 0 saturated carbocycles. The third-order valence-electron chi connectivity index (χ3n) is 5.42. The standard InChI is InChI=1S/C18H27N5S/c1-15-18-19-12-16(13-21-7-5-20(2)6-8-21)23(18)10-9-22(15)14-17-4-3-11-24-17/h3-4,11-12,15H,5-10,13-14H2,1-2H3. The molecule has 4 rings (SSSR count). The number of hydrogen-bond acceptors (Lipinski definition) is 5. The zero-order valence-electron chi connectivity index (χ0n) is 14.7. The van der Waals surface area contributed by atoms with Crippen molar-refractivity contribution in [2.45, 2.75) is 32.6 Å². The van der Waals surface area contributed by atoms with Gasteiger partial charge in [0, 0.05) is 63.4 Å². The smallest absolute Gasteiger partial charge is 0.126 e. The molecular formula is C18H27N5S. The Labute approximate surface area is 148 Å². The Balaban J connectivity index is 1.44. The molecule has 2 aromatic rings. The first-order valence-corrected chi connectivity index (χ1v) is 9.80. The minimum atomic E-state index is 0.391. The summed E-state index contributed by atoms with van der Waals surface area (Å²) in [6.07, 6.45) is 2.11. The van der Waals surface area contributed by atoms with Crippen LogP contribution in [-0.4, -0.2) is 64.0 Å². The van der Waals surface area contributed by atoms with Gasteiger partial charge in [0.05, 0.1) is 11.7 Å². The van der Waals surface area contributed by atoms with Crippen molar-refractivity contribution >= 4 is 11.3 Å². The highest BCUT2D eigenvalue weighted by atomic mass is 32.1. The fraction of sp³-hybridized carbons (Fsp3) is 0.611. The monoisotopic (exact) mass is 345 g/mol. The van der Waals surface area contributed by atoms with E-state index in [0.29, 0.717) is 6.04 Å². The largest absolute Gasteiger partial charge is 0.328 e. The fourth-order valence-electron chi connectivity index (χ4n) is 3.78. The van der Waals surface area contributed by atoms with Crippen LogP contribution in [0.3, 0.4) is 0 Å². The summed E-state index contributed by atoms with van der Waals surface area (Å²) in [6, 6.07) is 4.77. The molecule has 2 aliphatic heterocycles. The Kier molecular flexibility index (Phi) is 4.72. The number of likely N-dealkylation sites (N-methyl/N-ethyl adjacent to an activating group) is 1. The van der Waals surface area contributed by atoms with E-state index in [1.54, 1.807) is 0 Å². The van der Waals surface area contributed by atoms with Gasteiger partial charge >= 0.3 is 0 Å². The van der Waals surface area contributed by atoms with E-state index in [2.05, 4.69) is 56.9 Å². The third-order valence-corrected chi connectivity index (χ3v) is 6.28.